The van der Waals surface area contributed by atoms with E-state index in [1.165, 1.54) is 0 Å². The highest BCUT2D eigenvalue weighted by Crippen LogP contribution is 2.19. The summed E-state index contributed by atoms with van der Waals surface area (Å²) < 4.78 is 0. The van der Waals surface area contributed by atoms with E-state index < -0.39 is 12.0 Å². The van der Waals surface area contributed by atoms with E-state index in [2.05, 4.69) is 0 Å². The van der Waals surface area contributed by atoms with Gasteiger partial charge in [0.2, 0.25) is 0 Å². The summed E-state index contributed by atoms with van der Waals surface area (Å²) in [4.78, 5) is 13.0. The molecule has 1 aromatic carbocycles. The Labute approximate surface area is 107 Å². The first-order valence-corrected chi connectivity index (χ1v) is 5.97. The zero-order valence-electron chi connectivity index (χ0n) is 10.4. The fraction of sp³-hybridized carbons (Fsp3) is 0.462. The molecule has 17 heavy (non-hydrogen) atoms. The van der Waals surface area contributed by atoms with E-state index in [1.54, 1.807) is 0 Å². The molecule has 0 radical (unpaired) electrons. The van der Waals surface area contributed by atoms with Gasteiger partial charge >= 0.3 is 5.97 Å². The van der Waals surface area contributed by atoms with Crippen LogP contribution in [0.2, 0.25) is 5.02 Å². The van der Waals surface area contributed by atoms with Gasteiger partial charge in [0, 0.05) is 11.6 Å². The largest absolute Gasteiger partial charge is 0.480 e. The molecule has 0 aromatic heterocycles. The van der Waals surface area contributed by atoms with E-state index in [1.807, 2.05) is 50.1 Å². The SMILES string of the molecule is CC(C)C(C(=O)O)N(C)Cc1ccccc1Cl. The second-order valence-electron chi connectivity index (χ2n) is 4.53. The van der Waals surface area contributed by atoms with E-state index in [9.17, 15) is 9.90 Å². The maximum atomic E-state index is 11.2. The van der Waals surface area contributed by atoms with Crippen molar-refractivity contribution in [3.63, 3.8) is 0 Å². The van der Waals surface area contributed by atoms with Gasteiger partial charge in [-0.2, -0.15) is 0 Å². The van der Waals surface area contributed by atoms with Gasteiger partial charge in [0.25, 0.3) is 0 Å². The number of aliphatic carboxylic acids is 1. The highest BCUT2D eigenvalue weighted by Gasteiger charge is 2.26. The van der Waals surface area contributed by atoms with Crippen molar-refractivity contribution in [2.45, 2.75) is 26.4 Å². The summed E-state index contributed by atoms with van der Waals surface area (Å²) in [5.74, 6) is -0.741. The minimum absolute atomic E-state index is 0.0555. The van der Waals surface area contributed by atoms with Crippen LogP contribution in [0.15, 0.2) is 24.3 Å². The first-order chi connectivity index (χ1) is 7.93. The molecule has 0 aliphatic heterocycles. The topological polar surface area (TPSA) is 40.5 Å². The molecular formula is C13H18ClNO2. The van der Waals surface area contributed by atoms with Crippen molar-refractivity contribution in [3.05, 3.63) is 34.9 Å². The molecule has 0 aliphatic rings. The predicted octanol–water partition coefficient (Wildman–Crippen LogP) is 2.88. The van der Waals surface area contributed by atoms with Gasteiger partial charge < -0.3 is 5.11 Å². The Kier molecular flexibility index (Phi) is 4.97. The molecule has 1 rings (SSSR count). The highest BCUT2D eigenvalue weighted by molar-refractivity contribution is 6.31. The predicted molar refractivity (Wildman–Crippen MR) is 69.2 cm³/mol. The lowest BCUT2D eigenvalue weighted by Crippen LogP contribution is -2.41. The summed E-state index contributed by atoms with van der Waals surface area (Å²) in [6.45, 7) is 4.35. The standard InChI is InChI=1S/C13H18ClNO2/c1-9(2)12(13(16)17)15(3)8-10-6-4-5-7-11(10)14/h4-7,9,12H,8H2,1-3H3,(H,16,17). The monoisotopic (exact) mass is 255 g/mol. The average Bonchev–Trinajstić information content (AvgIpc) is 2.20. The van der Waals surface area contributed by atoms with Gasteiger partial charge in [-0.3, -0.25) is 9.69 Å². The zero-order valence-corrected chi connectivity index (χ0v) is 11.1. The van der Waals surface area contributed by atoms with E-state index in [-0.39, 0.29) is 5.92 Å². The molecule has 1 aromatic rings. The summed E-state index contributed by atoms with van der Waals surface area (Å²) >= 11 is 6.06. The van der Waals surface area contributed by atoms with Crippen molar-refractivity contribution >= 4 is 17.6 Å². The van der Waals surface area contributed by atoms with Crippen LogP contribution >= 0.6 is 11.6 Å². The molecule has 0 aliphatic carbocycles. The third-order valence-electron chi connectivity index (χ3n) is 2.74. The van der Waals surface area contributed by atoms with Crippen LogP contribution in [0.4, 0.5) is 0 Å². The van der Waals surface area contributed by atoms with Crippen LogP contribution < -0.4 is 0 Å². The number of carboxylic acids is 1. The van der Waals surface area contributed by atoms with Crippen molar-refractivity contribution in [3.8, 4) is 0 Å². The van der Waals surface area contributed by atoms with Gasteiger partial charge in [0.15, 0.2) is 0 Å². The van der Waals surface area contributed by atoms with Crippen LogP contribution in [0.5, 0.6) is 0 Å². The summed E-state index contributed by atoms with van der Waals surface area (Å²) in [6, 6.07) is 7.00. The van der Waals surface area contributed by atoms with E-state index in [0.717, 1.165) is 5.56 Å². The zero-order chi connectivity index (χ0) is 13.0. The Morgan fingerprint density at radius 2 is 2.00 bits per heavy atom. The normalized spacial score (nSPS) is 13.1. The minimum Gasteiger partial charge on any atom is -0.480 e. The van der Waals surface area contributed by atoms with Crippen LogP contribution in [0, 0.1) is 5.92 Å². The number of nitrogens with zero attached hydrogens (tertiary/aromatic N) is 1. The third-order valence-corrected chi connectivity index (χ3v) is 3.11. The van der Waals surface area contributed by atoms with E-state index >= 15 is 0 Å². The van der Waals surface area contributed by atoms with Crippen LogP contribution in [-0.4, -0.2) is 29.1 Å². The lowest BCUT2D eigenvalue weighted by molar-refractivity contribution is -0.144. The maximum absolute atomic E-state index is 11.2. The van der Waals surface area contributed by atoms with Crippen molar-refractivity contribution in [2.75, 3.05) is 7.05 Å². The summed E-state index contributed by atoms with van der Waals surface area (Å²) in [6.07, 6.45) is 0. The number of halogens is 1. The lowest BCUT2D eigenvalue weighted by atomic mass is 10.0. The van der Waals surface area contributed by atoms with Crippen LogP contribution in [0.1, 0.15) is 19.4 Å². The number of carboxylic acid groups (broad SMARTS) is 1. The number of hydrogen-bond acceptors (Lipinski definition) is 2. The summed E-state index contributed by atoms with van der Waals surface area (Å²) in [5.41, 5.74) is 0.948. The van der Waals surface area contributed by atoms with Crippen molar-refractivity contribution in [1.29, 1.82) is 0 Å². The molecule has 0 bridgehead atoms. The molecule has 1 N–H and O–H groups in total. The second-order valence-corrected chi connectivity index (χ2v) is 4.94. The smallest absolute Gasteiger partial charge is 0.321 e. The highest BCUT2D eigenvalue weighted by atomic mass is 35.5. The molecule has 94 valence electrons. The molecule has 3 nitrogen and oxygen atoms in total. The van der Waals surface area contributed by atoms with Crippen LogP contribution in [0.25, 0.3) is 0 Å². The van der Waals surface area contributed by atoms with Gasteiger partial charge in [-0.05, 0) is 24.6 Å². The molecule has 0 saturated heterocycles. The third kappa shape index (κ3) is 3.72. The fourth-order valence-electron chi connectivity index (χ4n) is 1.98. The van der Waals surface area contributed by atoms with E-state index in [4.69, 9.17) is 11.6 Å². The quantitative estimate of drug-likeness (QED) is 0.880. The maximum Gasteiger partial charge on any atom is 0.321 e. The van der Waals surface area contributed by atoms with Gasteiger partial charge in [0.1, 0.15) is 6.04 Å². The minimum atomic E-state index is -0.797. The van der Waals surface area contributed by atoms with Crippen molar-refractivity contribution in [2.24, 2.45) is 5.92 Å². The molecule has 0 spiro atoms. The number of likely N-dealkylation sites (N-methyl/N-ethyl adjacent to an activating group) is 1. The first kappa shape index (κ1) is 14.0. The van der Waals surface area contributed by atoms with Gasteiger partial charge in [-0.25, -0.2) is 0 Å². The van der Waals surface area contributed by atoms with E-state index in [0.29, 0.717) is 11.6 Å². The molecule has 0 amide bonds. The Morgan fingerprint density at radius 3 is 2.47 bits per heavy atom. The van der Waals surface area contributed by atoms with Gasteiger partial charge in [-0.15, -0.1) is 0 Å². The fourth-order valence-corrected chi connectivity index (χ4v) is 2.17. The summed E-state index contributed by atoms with van der Waals surface area (Å²) in [5, 5.41) is 9.86. The molecule has 1 atom stereocenters. The molecule has 4 heteroatoms. The summed E-state index contributed by atoms with van der Waals surface area (Å²) in [7, 11) is 1.81. The van der Waals surface area contributed by atoms with Crippen molar-refractivity contribution in [1.82, 2.24) is 4.90 Å². The first-order valence-electron chi connectivity index (χ1n) is 5.60. The molecule has 0 heterocycles. The van der Waals surface area contributed by atoms with Gasteiger partial charge in [0.05, 0.1) is 0 Å². The Balaban J connectivity index is 2.81. The number of hydrogen-bond donors (Lipinski definition) is 1. The Morgan fingerprint density at radius 1 is 1.41 bits per heavy atom. The van der Waals surface area contributed by atoms with Crippen LogP contribution in [0.3, 0.4) is 0 Å². The number of carbonyl (C=O) groups is 1. The molecule has 0 fully saturated rings. The van der Waals surface area contributed by atoms with Crippen molar-refractivity contribution < 1.29 is 9.90 Å². The Bertz CT molecular complexity index is 393. The Hall–Kier alpha value is -1.06. The second kappa shape index (κ2) is 6.03. The molecular weight excluding hydrogens is 238 g/mol. The molecule has 0 saturated carbocycles. The number of benzene rings is 1. The van der Waals surface area contributed by atoms with Gasteiger partial charge in [-0.1, -0.05) is 43.6 Å². The molecule has 1 unspecified atom stereocenters. The average molecular weight is 256 g/mol. The number of rotatable bonds is 5. The van der Waals surface area contributed by atoms with Crippen LogP contribution in [-0.2, 0) is 11.3 Å². The lowest BCUT2D eigenvalue weighted by Gasteiger charge is -2.27.